The Morgan fingerprint density at radius 3 is 3.00 bits per heavy atom. The van der Waals surface area contributed by atoms with Gasteiger partial charge in [-0.3, -0.25) is 0 Å². The second kappa shape index (κ2) is 3.29. The smallest absolute Gasteiger partial charge is 0.123 e. The monoisotopic (exact) mass is 178 g/mol. The third kappa shape index (κ3) is 1.62. The summed E-state index contributed by atoms with van der Waals surface area (Å²) in [6.07, 6.45) is 3.47. The molecule has 1 aliphatic rings. The Balaban J connectivity index is 2.31. The average Bonchev–Trinajstić information content (AvgIpc) is 2.17. The summed E-state index contributed by atoms with van der Waals surface area (Å²) in [6.45, 7) is 0. The van der Waals surface area contributed by atoms with Gasteiger partial charge in [0, 0.05) is 5.92 Å². The van der Waals surface area contributed by atoms with Crippen LogP contribution in [-0.2, 0) is 17.6 Å². The summed E-state index contributed by atoms with van der Waals surface area (Å²) in [5.41, 5.74) is 2.20. The molecule has 1 atom stereocenters. The van der Waals surface area contributed by atoms with E-state index in [1.54, 1.807) is 12.1 Å². The number of carbonyl (C=O) groups is 1. The van der Waals surface area contributed by atoms with Crippen LogP contribution in [0.25, 0.3) is 0 Å². The third-order valence-corrected chi connectivity index (χ3v) is 2.63. The van der Waals surface area contributed by atoms with Gasteiger partial charge in [-0.2, -0.15) is 0 Å². The molecule has 2 heteroatoms. The second-order valence-corrected chi connectivity index (χ2v) is 3.55. The number of fused-ring (bicyclic) bond motifs is 1. The largest absolute Gasteiger partial charge is 0.303 e. The van der Waals surface area contributed by atoms with Gasteiger partial charge in [0.05, 0.1) is 0 Å². The molecule has 1 aliphatic carbocycles. The van der Waals surface area contributed by atoms with Crippen molar-refractivity contribution in [1.29, 1.82) is 0 Å². The minimum atomic E-state index is -0.177. The topological polar surface area (TPSA) is 17.1 Å². The number of halogens is 1. The number of rotatable bonds is 1. The normalized spacial score (nSPS) is 20.8. The van der Waals surface area contributed by atoms with Crippen LogP contribution in [0.15, 0.2) is 18.2 Å². The standard InChI is InChI=1S/C11H11FO/c12-11-4-3-9-5-8(7-13)1-2-10(9)6-11/h3-4,6-8H,1-2,5H2. The molecule has 0 saturated heterocycles. The summed E-state index contributed by atoms with van der Waals surface area (Å²) in [5, 5.41) is 0. The Morgan fingerprint density at radius 1 is 1.38 bits per heavy atom. The Hall–Kier alpha value is -1.18. The highest BCUT2D eigenvalue weighted by Gasteiger charge is 2.17. The maximum atomic E-state index is 12.8. The van der Waals surface area contributed by atoms with Gasteiger partial charge in [-0.15, -0.1) is 0 Å². The number of hydrogen-bond acceptors (Lipinski definition) is 1. The highest BCUT2D eigenvalue weighted by molar-refractivity contribution is 5.55. The van der Waals surface area contributed by atoms with Crippen molar-refractivity contribution < 1.29 is 9.18 Å². The molecule has 0 spiro atoms. The molecule has 1 aromatic carbocycles. The number of carbonyl (C=O) groups excluding carboxylic acids is 1. The van der Waals surface area contributed by atoms with Crippen LogP contribution in [0.1, 0.15) is 17.5 Å². The van der Waals surface area contributed by atoms with Gasteiger partial charge in [0.25, 0.3) is 0 Å². The second-order valence-electron chi connectivity index (χ2n) is 3.55. The van der Waals surface area contributed by atoms with E-state index in [9.17, 15) is 9.18 Å². The lowest BCUT2D eigenvalue weighted by molar-refractivity contribution is -0.111. The average molecular weight is 178 g/mol. The lowest BCUT2D eigenvalue weighted by Crippen LogP contribution is -2.15. The molecule has 13 heavy (non-hydrogen) atoms. The fourth-order valence-corrected chi connectivity index (χ4v) is 1.87. The molecule has 0 amide bonds. The quantitative estimate of drug-likeness (QED) is 0.602. The summed E-state index contributed by atoms with van der Waals surface area (Å²) >= 11 is 0. The first-order valence-corrected chi connectivity index (χ1v) is 4.52. The fraction of sp³-hybridized carbons (Fsp3) is 0.364. The van der Waals surface area contributed by atoms with Crippen molar-refractivity contribution in [3.05, 3.63) is 35.1 Å². The van der Waals surface area contributed by atoms with Gasteiger partial charge in [0.2, 0.25) is 0 Å². The zero-order valence-corrected chi connectivity index (χ0v) is 7.29. The van der Waals surface area contributed by atoms with Crippen LogP contribution in [0.5, 0.6) is 0 Å². The van der Waals surface area contributed by atoms with Gasteiger partial charge in [-0.05, 0) is 42.5 Å². The molecular formula is C11H11FO. The summed E-state index contributed by atoms with van der Waals surface area (Å²) in [6, 6.07) is 4.84. The van der Waals surface area contributed by atoms with Crippen LogP contribution >= 0.6 is 0 Å². The third-order valence-electron chi connectivity index (χ3n) is 2.63. The van der Waals surface area contributed by atoms with Crippen LogP contribution < -0.4 is 0 Å². The van der Waals surface area contributed by atoms with Crippen molar-refractivity contribution in [2.75, 3.05) is 0 Å². The molecule has 0 radical (unpaired) electrons. The molecule has 1 nitrogen and oxygen atoms in total. The number of benzene rings is 1. The van der Waals surface area contributed by atoms with Crippen molar-refractivity contribution >= 4 is 6.29 Å². The minimum Gasteiger partial charge on any atom is -0.303 e. The molecule has 2 rings (SSSR count). The van der Waals surface area contributed by atoms with Crippen molar-refractivity contribution in [3.8, 4) is 0 Å². The van der Waals surface area contributed by atoms with E-state index in [0.29, 0.717) is 0 Å². The first-order valence-electron chi connectivity index (χ1n) is 4.52. The fourth-order valence-electron chi connectivity index (χ4n) is 1.87. The number of aryl methyl sites for hydroxylation is 1. The zero-order chi connectivity index (χ0) is 9.26. The molecule has 0 saturated carbocycles. The summed E-state index contributed by atoms with van der Waals surface area (Å²) in [4.78, 5) is 10.6. The Kier molecular flexibility index (Phi) is 2.13. The highest BCUT2D eigenvalue weighted by Crippen LogP contribution is 2.24. The molecule has 0 fully saturated rings. The molecule has 0 N–H and O–H groups in total. The van der Waals surface area contributed by atoms with Crippen molar-refractivity contribution in [3.63, 3.8) is 0 Å². The molecule has 0 aromatic heterocycles. The molecule has 68 valence electrons. The lowest BCUT2D eigenvalue weighted by atomic mass is 9.85. The van der Waals surface area contributed by atoms with E-state index in [0.717, 1.165) is 36.7 Å². The number of hydrogen-bond donors (Lipinski definition) is 0. The van der Waals surface area contributed by atoms with E-state index < -0.39 is 0 Å². The predicted molar refractivity (Wildman–Crippen MR) is 48.0 cm³/mol. The van der Waals surface area contributed by atoms with Gasteiger partial charge >= 0.3 is 0 Å². The Labute approximate surface area is 76.6 Å². The Morgan fingerprint density at radius 2 is 2.23 bits per heavy atom. The van der Waals surface area contributed by atoms with Crippen LogP contribution in [-0.4, -0.2) is 6.29 Å². The summed E-state index contributed by atoms with van der Waals surface area (Å²) in [7, 11) is 0. The van der Waals surface area contributed by atoms with Crippen LogP contribution in [0.4, 0.5) is 4.39 Å². The first-order chi connectivity index (χ1) is 6.29. The molecule has 0 heterocycles. The van der Waals surface area contributed by atoms with E-state index in [2.05, 4.69) is 0 Å². The summed E-state index contributed by atoms with van der Waals surface area (Å²) in [5.74, 6) is -0.0405. The van der Waals surface area contributed by atoms with E-state index in [-0.39, 0.29) is 11.7 Å². The lowest BCUT2D eigenvalue weighted by Gasteiger charge is -2.19. The SMILES string of the molecule is O=CC1CCc2cc(F)ccc2C1. The van der Waals surface area contributed by atoms with E-state index in [1.165, 1.54) is 6.07 Å². The van der Waals surface area contributed by atoms with Gasteiger partial charge in [0.15, 0.2) is 0 Å². The van der Waals surface area contributed by atoms with E-state index >= 15 is 0 Å². The summed E-state index contributed by atoms with van der Waals surface area (Å²) < 4.78 is 12.8. The minimum absolute atomic E-state index is 0.137. The first kappa shape index (κ1) is 8.42. The van der Waals surface area contributed by atoms with Crippen molar-refractivity contribution in [1.82, 2.24) is 0 Å². The molecule has 1 unspecified atom stereocenters. The molecule has 0 bridgehead atoms. The molecule has 0 aliphatic heterocycles. The van der Waals surface area contributed by atoms with Gasteiger partial charge in [0.1, 0.15) is 12.1 Å². The van der Waals surface area contributed by atoms with E-state index in [4.69, 9.17) is 0 Å². The maximum Gasteiger partial charge on any atom is 0.123 e. The molecule has 1 aromatic rings. The highest BCUT2D eigenvalue weighted by atomic mass is 19.1. The van der Waals surface area contributed by atoms with Gasteiger partial charge < -0.3 is 4.79 Å². The van der Waals surface area contributed by atoms with Crippen LogP contribution in [0.3, 0.4) is 0 Å². The zero-order valence-electron chi connectivity index (χ0n) is 7.29. The predicted octanol–water partition coefficient (Wildman–Crippen LogP) is 2.13. The van der Waals surface area contributed by atoms with E-state index in [1.807, 2.05) is 0 Å². The van der Waals surface area contributed by atoms with Crippen LogP contribution in [0, 0.1) is 11.7 Å². The van der Waals surface area contributed by atoms with Gasteiger partial charge in [-0.1, -0.05) is 6.07 Å². The maximum absolute atomic E-state index is 12.8. The Bertz CT molecular complexity index is 333. The molecular weight excluding hydrogens is 167 g/mol. The van der Waals surface area contributed by atoms with Crippen molar-refractivity contribution in [2.24, 2.45) is 5.92 Å². The number of aldehydes is 1. The van der Waals surface area contributed by atoms with Gasteiger partial charge in [-0.25, -0.2) is 4.39 Å². The van der Waals surface area contributed by atoms with Crippen LogP contribution in [0.2, 0.25) is 0 Å². The van der Waals surface area contributed by atoms with Crippen molar-refractivity contribution in [2.45, 2.75) is 19.3 Å².